The number of amides is 2. The second-order valence-electron chi connectivity index (χ2n) is 4.60. The van der Waals surface area contributed by atoms with Crippen molar-refractivity contribution in [2.45, 2.75) is 6.42 Å². The molecule has 0 bridgehead atoms. The van der Waals surface area contributed by atoms with E-state index in [9.17, 15) is 4.79 Å². The van der Waals surface area contributed by atoms with Gasteiger partial charge in [-0.25, -0.2) is 4.79 Å². The first-order chi connectivity index (χ1) is 10.2. The fourth-order valence-electron chi connectivity index (χ4n) is 1.92. The number of para-hydroxylation sites is 1. The van der Waals surface area contributed by atoms with Gasteiger partial charge in [0.05, 0.1) is 6.61 Å². The maximum atomic E-state index is 12.0. The number of rotatable bonds is 5. The van der Waals surface area contributed by atoms with Gasteiger partial charge in [-0.15, -0.1) is 0 Å². The van der Waals surface area contributed by atoms with Gasteiger partial charge in [0.15, 0.2) is 0 Å². The first-order valence-corrected chi connectivity index (χ1v) is 6.69. The van der Waals surface area contributed by atoms with E-state index in [1.807, 2.05) is 24.3 Å². The van der Waals surface area contributed by atoms with Crippen molar-refractivity contribution in [2.24, 2.45) is 0 Å². The molecule has 4 N–H and O–H groups in total. The quantitative estimate of drug-likeness (QED) is 0.739. The molecule has 5 nitrogen and oxygen atoms in total. The van der Waals surface area contributed by atoms with Crippen LogP contribution in [-0.4, -0.2) is 19.7 Å². The van der Waals surface area contributed by atoms with Gasteiger partial charge >= 0.3 is 6.03 Å². The first-order valence-electron chi connectivity index (χ1n) is 6.69. The topological polar surface area (TPSA) is 76.4 Å². The molecule has 21 heavy (non-hydrogen) atoms. The fraction of sp³-hybridized carbons (Fsp3) is 0.188. The standard InChI is InChI=1S/C16H19N3O2/c1-21-11-10-12-4-2-3-5-15(12)19-16(20)18-14-8-6-13(17)7-9-14/h2-9H,10-11,17H2,1H3,(H2,18,19,20). The molecule has 110 valence electrons. The molecule has 2 aromatic carbocycles. The number of methoxy groups -OCH3 is 1. The Morgan fingerprint density at radius 2 is 1.81 bits per heavy atom. The van der Waals surface area contributed by atoms with Gasteiger partial charge in [0.2, 0.25) is 0 Å². The Bertz CT molecular complexity index is 597. The molecule has 0 radical (unpaired) electrons. The number of anilines is 3. The van der Waals surface area contributed by atoms with E-state index < -0.39 is 0 Å². The summed E-state index contributed by atoms with van der Waals surface area (Å²) in [6.07, 6.45) is 0.745. The van der Waals surface area contributed by atoms with E-state index in [1.54, 1.807) is 31.4 Å². The van der Waals surface area contributed by atoms with Crippen LogP contribution in [0.5, 0.6) is 0 Å². The molecule has 0 saturated carbocycles. The van der Waals surface area contributed by atoms with Gasteiger partial charge in [0, 0.05) is 24.2 Å². The van der Waals surface area contributed by atoms with Crippen molar-refractivity contribution >= 4 is 23.1 Å². The maximum absolute atomic E-state index is 12.0. The molecular formula is C16H19N3O2. The average Bonchev–Trinajstić information content (AvgIpc) is 2.49. The highest BCUT2D eigenvalue weighted by atomic mass is 16.5. The second-order valence-corrected chi connectivity index (χ2v) is 4.60. The average molecular weight is 285 g/mol. The summed E-state index contributed by atoms with van der Waals surface area (Å²) in [5.74, 6) is 0. The third kappa shape index (κ3) is 4.50. The van der Waals surface area contributed by atoms with Gasteiger partial charge in [-0.05, 0) is 42.3 Å². The summed E-state index contributed by atoms with van der Waals surface area (Å²) in [5, 5.41) is 5.61. The van der Waals surface area contributed by atoms with Crippen LogP contribution in [0.2, 0.25) is 0 Å². The Labute approximate surface area is 124 Å². The number of nitrogens with one attached hydrogen (secondary N) is 2. The van der Waals surface area contributed by atoms with Gasteiger partial charge in [-0.2, -0.15) is 0 Å². The van der Waals surface area contributed by atoms with Crippen molar-refractivity contribution < 1.29 is 9.53 Å². The predicted octanol–water partition coefficient (Wildman–Crippen LogP) is 3.10. The zero-order valence-electron chi connectivity index (χ0n) is 11.9. The van der Waals surface area contributed by atoms with Crippen molar-refractivity contribution in [3.05, 3.63) is 54.1 Å². The minimum absolute atomic E-state index is 0.287. The summed E-state index contributed by atoms with van der Waals surface area (Å²) in [4.78, 5) is 12.0. The third-order valence-corrected chi connectivity index (χ3v) is 3.01. The van der Waals surface area contributed by atoms with Crippen LogP contribution in [0.25, 0.3) is 0 Å². The molecule has 0 aromatic heterocycles. The molecule has 0 aliphatic carbocycles. The molecule has 0 heterocycles. The number of carbonyl (C=O) groups is 1. The van der Waals surface area contributed by atoms with Crippen molar-refractivity contribution in [2.75, 3.05) is 30.1 Å². The predicted molar refractivity (Wildman–Crippen MR) is 85.5 cm³/mol. The van der Waals surface area contributed by atoms with Crippen LogP contribution < -0.4 is 16.4 Å². The summed E-state index contributed by atoms with van der Waals surface area (Å²) in [7, 11) is 1.66. The number of hydrogen-bond donors (Lipinski definition) is 3. The highest BCUT2D eigenvalue weighted by Crippen LogP contribution is 2.17. The van der Waals surface area contributed by atoms with Crippen LogP contribution in [-0.2, 0) is 11.2 Å². The molecule has 2 amide bonds. The molecule has 0 fully saturated rings. The zero-order chi connectivity index (χ0) is 15.1. The van der Waals surface area contributed by atoms with Gasteiger partial charge in [-0.3, -0.25) is 0 Å². The van der Waals surface area contributed by atoms with E-state index in [1.165, 1.54) is 0 Å². The van der Waals surface area contributed by atoms with Crippen molar-refractivity contribution in [3.8, 4) is 0 Å². The molecule has 2 rings (SSSR count). The van der Waals surface area contributed by atoms with Crippen molar-refractivity contribution in [1.29, 1.82) is 0 Å². The lowest BCUT2D eigenvalue weighted by atomic mass is 10.1. The number of carbonyl (C=O) groups excluding carboxylic acids is 1. The molecule has 0 aliphatic heterocycles. The molecule has 0 unspecified atom stereocenters. The van der Waals surface area contributed by atoms with Crippen LogP contribution in [0.15, 0.2) is 48.5 Å². The van der Waals surface area contributed by atoms with Crippen LogP contribution in [0.1, 0.15) is 5.56 Å². The molecular weight excluding hydrogens is 266 g/mol. The molecule has 5 heteroatoms. The fourth-order valence-corrected chi connectivity index (χ4v) is 1.92. The minimum atomic E-state index is -0.287. The second kappa shape index (κ2) is 7.31. The van der Waals surface area contributed by atoms with Crippen LogP contribution >= 0.6 is 0 Å². The molecule has 0 spiro atoms. The number of nitrogens with two attached hydrogens (primary N) is 1. The smallest absolute Gasteiger partial charge is 0.323 e. The number of benzene rings is 2. The van der Waals surface area contributed by atoms with E-state index in [-0.39, 0.29) is 6.03 Å². The molecule has 2 aromatic rings. The summed E-state index contributed by atoms with van der Waals surface area (Å²) in [5.41, 5.74) is 8.77. The van der Waals surface area contributed by atoms with Crippen LogP contribution in [0, 0.1) is 0 Å². The summed E-state index contributed by atoms with van der Waals surface area (Å²) < 4.78 is 5.07. The largest absolute Gasteiger partial charge is 0.399 e. The number of urea groups is 1. The third-order valence-electron chi connectivity index (χ3n) is 3.01. The van der Waals surface area contributed by atoms with Crippen LogP contribution in [0.4, 0.5) is 21.9 Å². The normalized spacial score (nSPS) is 10.1. The van der Waals surface area contributed by atoms with Gasteiger partial charge in [-0.1, -0.05) is 18.2 Å². The number of nitrogen functional groups attached to an aromatic ring is 1. The van der Waals surface area contributed by atoms with Gasteiger partial charge in [0.25, 0.3) is 0 Å². The minimum Gasteiger partial charge on any atom is -0.399 e. The molecule has 0 atom stereocenters. The Morgan fingerprint density at radius 3 is 2.52 bits per heavy atom. The van der Waals surface area contributed by atoms with E-state index in [0.717, 1.165) is 17.7 Å². The first kappa shape index (κ1) is 14.9. The molecule has 0 saturated heterocycles. The highest BCUT2D eigenvalue weighted by Gasteiger charge is 2.06. The maximum Gasteiger partial charge on any atom is 0.323 e. The summed E-state index contributed by atoms with van der Waals surface area (Å²) >= 11 is 0. The lowest BCUT2D eigenvalue weighted by Crippen LogP contribution is -2.20. The van der Waals surface area contributed by atoms with Gasteiger partial charge in [0.1, 0.15) is 0 Å². The number of hydrogen-bond acceptors (Lipinski definition) is 3. The van der Waals surface area contributed by atoms with Crippen LogP contribution in [0.3, 0.4) is 0 Å². The Balaban J connectivity index is 2.00. The Hall–Kier alpha value is -2.53. The van der Waals surface area contributed by atoms with E-state index in [2.05, 4.69) is 10.6 Å². The van der Waals surface area contributed by atoms with Crippen molar-refractivity contribution in [1.82, 2.24) is 0 Å². The van der Waals surface area contributed by atoms with E-state index in [0.29, 0.717) is 18.0 Å². The SMILES string of the molecule is COCCc1ccccc1NC(=O)Nc1ccc(N)cc1. The monoisotopic (exact) mass is 285 g/mol. The number of ether oxygens (including phenoxy) is 1. The lowest BCUT2D eigenvalue weighted by Gasteiger charge is -2.12. The highest BCUT2D eigenvalue weighted by molar-refractivity contribution is 6.00. The summed E-state index contributed by atoms with van der Waals surface area (Å²) in [6.45, 7) is 0.609. The Morgan fingerprint density at radius 1 is 1.10 bits per heavy atom. The van der Waals surface area contributed by atoms with Crippen molar-refractivity contribution in [3.63, 3.8) is 0 Å². The zero-order valence-corrected chi connectivity index (χ0v) is 11.9. The van der Waals surface area contributed by atoms with E-state index in [4.69, 9.17) is 10.5 Å². The lowest BCUT2D eigenvalue weighted by molar-refractivity contribution is 0.202. The van der Waals surface area contributed by atoms with E-state index >= 15 is 0 Å². The summed E-state index contributed by atoms with van der Waals surface area (Å²) in [6, 6.07) is 14.4. The Kier molecular flexibility index (Phi) is 5.17. The molecule has 0 aliphatic rings. The van der Waals surface area contributed by atoms with Gasteiger partial charge < -0.3 is 21.1 Å².